The van der Waals surface area contributed by atoms with Crippen LogP contribution in [0, 0.1) is 0 Å². The third-order valence-electron chi connectivity index (χ3n) is 3.33. The second-order valence-electron chi connectivity index (χ2n) is 6.47. The predicted molar refractivity (Wildman–Crippen MR) is 83.1 cm³/mol. The van der Waals surface area contributed by atoms with Gasteiger partial charge in [-0.25, -0.2) is 4.79 Å². The van der Waals surface area contributed by atoms with E-state index in [1.807, 2.05) is 27.7 Å². The third kappa shape index (κ3) is 4.73. The Labute approximate surface area is 135 Å². The van der Waals surface area contributed by atoms with Gasteiger partial charge in [0.05, 0.1) is 12.4 Å². The fourth-order valence-electron chi connectivity index (χ4n) is 2.38. The molecule has 0 aromatic carbocycles. The Morgan fingerprint density at radius 1 is 1.41 bits per heavy atom. The van der Waals surface area contributed by atoms with E-state index in [1.165, 1.54) is 12.4 Å². The molecule has 0 bridgehead atoms. The Morgan fingerprint density at radius 2 is 2.14 bits per heavy atom. The summed E-state index contributed by atoms with van der Waals surface area (Å²) < 4.78 is 11.2. The van der Waals surface area contributed by atoms with Crippen LogP contribution in [0.3, 0.4) is 0 Å². The third-order valence-corrected chi connectivity index (χ3v) is 3.51. The zero-order valence-electron chi connectivity index (χ0n) is 13.4. The first-order valence-electron chi connectivity index (χ1n) is 7.38. The van der Waals surface area contributed by atoms with E-state index in [1.54, 1.807) is 4.90 Å². The summed E-state index contributed by atoms with van der Waals surface area (Å²) >= 11 is 5.79. The van der Waals surface area contributed by atoms with E-state index in [9.17, 15) is 4.79 Å². The molecule has 1 aromatic heterocycles. The van der Waals surface area contributed by atoms with Crippen molar-refractivity contribution in [3.8, 4) is 5.88 Å². The maximum atomic E-state index is 12.2. The van der Waals surface area contributed by atoms with Crippen molar-refractivity contribution in [1.82, 2.24) is 14.9 Å². The molecule has 0 radical (unpaired) electrons. The fourth-order valence-corrected chi connectivity index (χ4v) is 2.52. The lowest BCUT2D eigenvalue weighted by molar-refractivity contribution is -0.00154. The van der Waals surface area contributed by atoms with Crippen LogP contribution in [-0.4, -0.2) is 45.3 Å². The molecule has 0 unspecified atom stereocenters. The van der Waals surface area contributed by atoms with E-state index in [-0.39, 0.29) is 18.2 Å². The molecule has 2 heterocycles. The zero-order chi connectivity index (χ0) is 16.3. The van der Waals surface area contributed by atoms with Gasteiger partial charge in [-0.05, 0) is 27.7 Å². The molecule has 1 saturated heterocycles. The molecule has 2 rings (SSSR count). The molecule has 1 aliphatic heterocycles. The van der Waals surface area contributed by atoms with Crippen molar-refractivity contribution in [3.05, 3.63) is 17.5 Å². The number of amides is 1. The minimum Gasteiger partial charge on any atom is -0.473 e. The van der Waals surface area contributed by atoms with Crippen LogP contribution in [0.4, 0.5) is 4.79 Å². The lowest BCUT2D eigenvalue weighted by atomic mass is 10.0. The molecule has 2 atom stereocenters. The number of piperidine rings is 1. The quantitative estimate of drug-likeness (QED) is 0.834. The van der Waals surface area contributed by atoms with Gasteiger partial charge in [-0.1, -0.05) is 11.6 Å². The molecule has 122 valence electrons. The van der Waals surface area contributed by atoms with Gasteiger partial charge in [-0.3, -0.25) is 4.98 Å². The number of rotatable bonds is 2. The molecular weight excluding hydrogens is 306 g/mol. The van der Waals surface area contributed by atoms with E-state index < -0.39 is 5.60 Å². The maximum absolute atomic E-state index is 12.2. The number of ether oxygens (including phenoxy) is 2. The topological polar surface area (TPSA) is 64.6 Å². The predicted octanol–water partition coefficient (Wildman–Crippen LogP) is 3.30. The summed E-state index contributed by atoms with van der Waals surface area (Å²) in [6.45, 7) is 8.17. The summed E-state index contributed by atoms with van der Waals surface area (Å²) in [4.78, 5) is 21.9. The van der Waals surface area contributed by atoms with Crippen LogP contribution in [0.5, 0.6) is 5.88 Å². The molecule has 1 fully saturated rings. The Hall–Kier alpha value is -1.56. The SMILES string of the molecule is C[C@H]1C[C@H](Oc2cncc(Cl)n2)CCN1C(=O)OC(C)(C)C. The average Bonchev–Trinajstić information content (AvgIpc) is 2.36. The molecule has 0 N–H and O–H groups in total. The summed E-state index contributed by atoms with van der Waals surface area (Å²) in [7, 11) is 0. The lowest BCUT2D eigenvalue weighted by Crippen LogP contribution is -2.49. The van der Waals surface area contributed by atoms with Gasteiger partial charge in [0.25, 0.3) is 0 Å². The van der Waals surface area contributed by atoms with Gasteiger partial charge < -0.3 is 14.4 Å². The van der Waals surface area contributed by atoms with Crippen molar-refractivity contribution in [2.75, 3.05) is 6.54 Å². The smallest absolute Gasteiger partial charge is 0.410 e. The highest BCUT2D eigenvalue weighted by atomic mass is 35.5. The van der Waals surface area contributed by atoms with Crippen LogP contribution in [0.1, 0.15) is 40.5 Å². The number of carbonyl (C=O) groups excluding carboxylic acids is 1. The second-order valence-corrected chi connectivity index (χ2v) is 6.85. The summed E-state index contributed by atoms with van der Waals surface area (Å²) in [6.07, 6.45) is 4.15. The van der Waals surface area contributed by atoms with Crippen molar-refractivity contribution >= 4 is 17.7 Å². The number of hydrogen-bond acceptors (Lipinski definition) is 5. The first-order valence-corrected chi connectivity index (χ1v) is 7.76. The highest BCUT2D eigenvalue weighted by Gasteiger charge is 2.32. The van der Waals surface area contributed by atoms with E-state index >= 15 is 0 Å². The van der Waals surface area contributed by atoms with Crippen molar-refractivity contribution in [1.29, 1.82) is 0 Å². The van der Waals surface area contributed by atoms with Gasteiger partial charge in [0.15, 0.2) is 5.15 Å². The monoisotopic (exact) mass is 327 g/mol. The molecule has 1 amide bonds. The van der Waals surface area contributed by atoms with Crippen LogP contribution in [0.2, 0.25) is 5.15 Å². The maximum Gasteiger partial charge on any atom is 0.410 e. The lowest BCUT2D eigenvalue weighted by Gasteiger charge is -2.38. The van der Waals surface area contributed by atoms with Crippen LogP contribution in [0.15, 0.2) is 12.4 Å². The number of aromatic nitrogens is 2. The van der Waals surface area contributed by atoms with Gasteiger partial charge in [-0.2, -0.15) is 4.98 Å². The minimum atomic E-state index is -0.486. The zero-order valence-corrected chi connectivity index (χ0v) is 14.1. The minimum absolute atomic E-state index is 0.0125. The normalized spacial score (nSPS) is 22.3. The van der Waals surface area contributed by atoms with Crippen molar-refractivity contribution in [2.24, 2.45) is 0 Å². The van der Waals surface area contributed by atoms with Crippen molar-refractivity contribution in [2.45, 2.75) is 58.3 Å². The fraction of sp³-hybridized carbons (Fsp3) is 0.667. The molecule has 0 spiro atoms. The molecule has 1 aromatic rings. The number of nitrogens with zero attached hydrogens (tertiary/aromatic N) is 3. The first kappa shape index (κ1) is 16.8. The molecule has 6 nitrogen and oxygen atoms in total. The van der Waals surface area contributed by atoms with Gasteiger partial charge in [0.2, 0.25) is 5.88 Å². The van der Waals surface area contributed by atoms with Crippen LogP contribution >= 0.6 is 11.6 Å². The van der Waals surface area contributed by atoms with Gasteiger partial charge in [0.1, 0.15) is 11.7 Å². The molecule has 1 aliphatic rings. The molecule has 7 heteroatoms. The summed E-state index contributed by atoms with van der Waals surface area (Å²) in [5, 5.41) is 0.303. The van der Waals surface area contributed by atoms with Gasteiger partial charge >= 0.3 is 6.09 Å². The van der Waals surface area contributed by atoms with E-state index in [4.69, 9.17) is 21.1 Å². The van der Waals surface area contributed by atoms with E-state index in [0.29, 0.717) is 24.0 Å². The second kappa shape index (κ2) is 6.69. The van der Waals surface area contributed by atoms with Gasteiger partial charge in [0, 0.05) is 25.4 Å². The Balaban J connectivity index is 1.91. The molecular formula is C15H22ClN3O3. The van der Waals surface area contributed by atoms with E-state index in [2.05, 4.69) is 9.97 Å². The number of likely N-dealkylation sites (tertiary alicyclic amines) is 1. The van der Waals surface area contributed by atoms with E-state index in [0.717, 1.165) is 6.42 Å². The van der Waals surface area contributed by atoms with Gasteiger partial charge in [-0.15, -0.1) is 0 Å². The Bertz CT molecular complexity index is 533. The Morgan fingerprint density at radius 3 is 2.73 bits per heavy atom. The number of halogens is 1. The van der Waals surface area contributed by atoms with Crippen LogP contribution in [-0.2, 0) is 4.74 Å². The molecule has 22 heavy (non-hydrogen) atoms. The highest BCUT2D eigenvalue weighted by molar-refractivity contribution is 6.29. The van der Waals surface area contributed by atoms with Crippen molar-refractivity contribution < 1.29 is 14.3 Å². The largest absolute Gasteiger partial charge is 0.473 e. The number of hydrogen-bond donors (Lipinski definition) is 0. The molecule has 0 saturated carbocycles. The molecule has 0 aliphatic carbocycles. The van der Waals surface area contributed by atoms with Crippen molar-refractivity contribution in [3.63, 3.8) is 0 Å². The standard InChI is InChI=1S/C15H22ClN3O3/c1-10-7-11(21-13-9-17-8-12(16)18-13)5-6-19(10)14(20)22-15(2,3)4/h8-11H,5-7H2,1-4H3/t10-,11+/m0/s1. The summed E-state index contributed by atoms with van der Waals surface area (Å²) in [5.41, 5.74) is -0.486. The average molecular weight is 328 g/mol. The van der Waals surface area contributed by atoms with Crippen LogP contribution in [0.25, 0.3) is 0 Å². The highest BCUT2D eigenvalue weighted by Crippen LogP contribution is 2.23. The first-order chi connectivity index (χ1) is 10.2. The Kier molecular flexibility index (Phi) is 5.11. The summed E-state index contributed by atoms with van der Waals surface area (Å²) in [5.74, 6) is 0.412. The van der Waals surface area contributed by atoms with Crippen LogP contribution < -0.4 is 4.74 Å². The number of carbonyl (C=O) groups is 1. The summed E-state index contributed by atoms with van der Waals surface area (Å²) in [6, 6.07) is 0.0424.